The standard InChI is InChI=1S/C22H23N5O/c1-15-21(16-7-3-2-4-8-16)22-24-18(13-20(28)27(22)25-15)11-12-26-19-10-6-5-9-17(19)14-23-26/h2-4,7-8,13-14,25H,5-6,9-12H2,1H3. The zero-order valence-electron chi connectivity index (χ0n) is 16.0. The average Bonchev–Trinajstić information content (AvgIpc) is 3.28. The molecule has 1 aliphatic rings. The van der Waals surface area contributed by atoms with E-state index in [0.29, 0.717) is 12.1 Å². The van der Waals surface area contributed by atoms with Crippen molar-refractivity contribution in [2.24, 2.45) is 0 Å². The summed E-state index contributed by atoms with van der Waals surface area (Å²) in [5.41, 5.74) is 7.13. The maximum Gasteiger partial charge on any atom is 0.272 e. The highest BCUT2D eigenvalue weighted by atomic mass is 16.1. The number of fused-ring (bicyclic) bond motifs is 2. The second-order valence-corrected chi connectivity index (χ2v) is 7.52. The van der Waals surface area contributed by atoms with Gasteiger partial charge in [-0.2, -0.15) is 5.10 Å². The van der Waals surface area contributed by atoms with Gasteiger partial charge in [-0.05, 0) is 43.7 Å². The molecule has 5 rings (SSSR count). The van der Waals surface area contributed by atoms with E-state index in [4.69, 9.17) is 4.98 Å². The molecule has 0 saturated heterocycles. The number of hydrogen-bond acceptors (Lipinski definition) is 3. The van der Waals surface area contributed by atoms with Crippen molar-refractivity contribution in [1.29, 1.82) is 0 Å². The van der Waals surface area contributed by atoms with E-state index in [2.05, 4.69) is 14.9 Å². The maximum atomic E-state index is 12.7. The Kier molecular flexibility index (Phi) is 4.11. The number of nitrogens with one attached hydrogen (secondary N) is 1. The van der Waals surface area contributed by atoms with Gasteiger partial charge < -0.3 is 0 Å². The van der Waals surface area contributed by atoms with Gasteiger partial charge in [-0.25, -0.2) is 9.50 Å². The summed E-state index contributed by atoms with van der Waals surface area (Å²) in [5, 5.41) is 7.72. The largest absolute Gasteiger partial charge is 0.293 e. The van der Waals surface area contributed by atoms with Crippen molar-refractivity contribution < 1.29 is 0 Å². The fraction of sp³-hybridized carbons (Fsp3) is 0.318. The highest BCUT2D eigenvalue weighted by molar-refractivity contribution is 5.79. The molecule has 3 heterocycles. The fourth-order valence-electron chi connectivity index (χ4n) is 4.24. The van der Waals surface area contributed by atoms with Crippen LogP contribution < -0.4 is 5.56 Å². The van der Waals surface area contributed by atoms with Crippen molar-refractivity contribution in [3.8, 4) is 11.1 Å². The monoisotopic (exact) mass is 373 g/mol. The van der Waals surface area contributed by atoms with Crippen LogP contribution in [0.3, 0.4) is 0 Å². The number of aromatic amines is 1. The van der Waals surface area contributed by atoms with E-state index < -0.39 is 0 Å². The highest BCUT2D eigenvalue weighted by Gasteiger charge is 2.17. The summed E-state index contributed by atoms with van der Waals surface area (Å²) < 4.78 is 3.63. The molecule has 6 nitrogen and oxygen atoms in total. The Balaban J connectivity index is 1.51. The van der Waals surface area contributed by atoms with Crippen LogP contribution in [-0.4, -0.2) is 24.4 Å². The van der Waals surface area contributed by atoms with Gasteiger partial charge in [0.15, 0.2) is 5.65 Å². The molecule has 0 bridgehead atoms. The average molecular weight is 373 g/mol. The summed E-state index contributed by atoms with van der Waals surface area (Å²) in [6.07, 6.45) is 7.40. The Labute approximate surface area is 162 Å². The lowest BCUT2D eigenvalue weighted by Gasteiger charge is -2.13. The van der Waals surface area contributed by atoms with Gasteiger partial charge in [0.2, 0.25) is 0 Å². The molecule has 142 valence electrons. The van der Waals surface area contributed by atoms with Crippen molar-refractivity contribution in [3.05, 3.63) is 75.6 Å². The molecular formula is C22H23N5O. The van der Waals surface area contributed by atoms with E-state index in [1.165, 1.54) is 28.6 Å². The molecule has 0 fully saturated rings. The van der Waals surface area contributed by atoms with Gasteiger partial charge in [0.1, 0.15) is 0 Å². The van der Waals surface area contributed by atoms with Crippen LogP contribution in [-0.2, 0) is 25.8 Å². The molecule has 1 N–H and O–H groups in total. The lowest BCUT2D eigenvalue weighted by atomic mass is 9.98. The summed E-state index contributed by atoms with van der Waals surface area (Å²) in [6, 6.07) is 11.7. The molecule has 0 atom stereocenters. The first-order valence-corrected chi connectivity index (χ1v) is 9.91. The van der Waals surface area contributed by atoms with E-state index >= 15 is 0 Å². The molecule has 0 saturated carbocycles. The van der Waals surface area contributed by atoms with Crippen LogP contribution in [0.5, 0.6) is 0 Å². The van der Waals surface area contributed by atoms with Crippen molar-refractivity contribution >= 4 is 5.65 Å². The Bertz CT molecular complexity index is 1200. The third-order valence-electron chi connectivity index (χ3n) is 5.64. The van der Waals surface area contributed by atoms with Gasteiger partial charge in [-0.3, -0.25) is 14.6 Å². The zero-order valence-corrected chi connectivity index (χ0v) is 16.0. The number of aryl methyl sites for hydroxylation is 4. The van der Waals surface area contributed by atoms with Gasteiger partial charge in [0, 0.05) is 36.0 Å². The van der Waals surface area contributed by atoms with E-state index in [1.54, 1.807) is 6.07 Å². The first-order valence-electron chi connectivity index (χ1n) is 9.91. The second-order valence-electron chi connectivity index (χ2n) is 7.52. The first-order chi connectivity index (χ1) is 13.7. The summed E-state index contributed by atoms with van der Waals surface area (Å²) in [5.74, 6) is 0. The molecule has 0 amide bonds. The maximum absolute atomic E-state index is 12.7. The van der Waals surface area contributed by atoms with Crippen molar-refractivity contribution in [2.75, 3.05) is 0 Å². The summed E-state index contributed by atoms with van der Waals surface area (Å²) >= 11 is 0. The van der Waals surface area contributed by atoms with Gasteiger partial charge in [0.25, 0.3) is 5.56 Å². The van der Waals surface area contributed by atoms with Crippen LogP contribution in [0.15, 0.2) is 47.4 Å². The lowest BCUT2D eigenvalue weighted by Crippen LogP contribution is -2.17. The summed E-state index contributed by atoms with van der Waals surface area (Å²) in [7, 11) is 0. The number of rotatable bonds is 4. The van der Waals surface area contributed by atoms with E-state index in [0.717, 1.165) is 41.9 Å². The number of benzene rings is 1. The van der Waals surface area contributed by atoms with Crippen LogP contribution in [0.1, 0.15) is 35.5 Å². The minimum Gasteiger partial charge on any atom is -0.293 e. The molecule has 4 aromatic rings. The minimum atomic E-state index is -0.0761. The molecule has 3 aromatic heterocycles. The van der Waals surface area contributed by atoms with E-state index in [9.17, 15) is 4.79 Å². The van der Waals surface area contributed by atoms with E-state index in [-0.39, 0.29) is 5.56 Å². The fourth-order valence-corrected chi connectivity index (χ4v) is 4.24. The predicted molar refractivity (Wildman–Crippen MR) is 109 cm³/mol. The van der Waals surface area contributed by atoms with Crippen molar-refractivity contribution in [1.82, 2.24) is 24.4 Å². The van der Waals surface area contributed by atoms with Gasteiger partial charge in [0.05, 0.1) is 11.9 Å². The molecule has 1 aromatic carbocycles. The zero-order chi connectivity index (χ0) is 19.1. The topological polar surface area (TPSA) is 68.0 Å². The predicted octanol–water partition coefficient (Wildman–Crippen LogP) is 3.32. The first kappa shape index (κ1) is 17.0. The number of H-pyrrole nitrogens is 1. The van der Waals surface area contributed by atoms with Crippen LogP contribution in [0.2, 0.25) is 0 Å². The second kappa shape index (κ2) is 6.78. The normalized spacial score (nSPS) is 13.8. The molecule has 0 unspecified atom stereocenters. The molecule has 6 heteroatoms. The number of hydrogen-bond donors (Lipinski definition) is 1. The molecule has 1 aliphatic carbocycles. The Morgan fingerprint density at radius 3 is 2.82 bits per heavy atom. The number of nitrogens with zero attached hydrogens (tertiary/aromatic N) is 4. The van der Waals surface area contributed by atoms with Crippen molar-refractivity contribution in [2.45, 2.75) is 45.6 Å². The Hall–Kier alpha value is -3.15. The molecule has 0 aliphatic heterocycles. The van der Waals surface area contributed by atoms with Gasteiger partial charge in [-0.1, -0.05) is 30.3 Å². The van der Waals surface area contributed by atoms with Gasteiger partial charge >= 0.3 is 0 Å². The van der Waals surface area contributed by atoms with Crippen molar-refractivity contribution in [3.63, 3.8) is 0 Å². The van der Waals surface area contributed by atoms with Crippen LogP contribution in [0.25, 0.3) is 16.8 Å². The third kappa shape index (κ3) is 2.85. The lowest BCUT2D eigenvalue weighted by molar-refractivity contribution is 0.553. The molecule has 0 radical (unpaired) electrons. The molecular weight excluding hydrogens is 350 g/mol. The van der Waals surface area contributed by atoms with Gasteiger partial charge in [-0.15, -0.1) is 0 Å². The summed E-state index contributed by atoms with van der Waals surface area (Å²) in [6.45, 7) is 2.73. The van der Waals surface area contributed by atoms with E-state index in [1.807, 2.05) is 43.5 Å². The smallest absolute Gasteiger partial charge is 0.272 e. The number of aromatic nitrogens is 5. The third-order valence-corrected chi connectivity index (χ3v) is 5.64. The molecule has 28 heavy (non-hydrogen) atoms. The SMILES string of the molecule is Cc1[nH]n2c(=O)cc(CCn3ncc4c3CCCC4)nc2c1-c1ccccc1. The Morgan fingerprint density at radius 2 is 1.96 bits per heavy atom. The van der Waals surface area contributed by atoms with Crippen LogP contribution in [0, 0.1) is 6.92 Å². The molecule has 0 spiro atoms. The summed E-state index contributed by atoms with van der Waals surface area (Å²) in [4.78, 5) is 17.5. The minimum absolute atomic E-state index is 0.0761. The quantitative estimate of drug-likeness (QED) is 0.597. The Morgan fingerprint density at radius 1 is 1.14 bits per heavy atom. The van der Waals surface area contributed by atoms with Crippen LogP contribution in [0.4, 0.5) is 0 Å². The van der Waals surface area contributed by atoms with Crippen LogP contribution >= 0.6 is 0 Å². The highest BCUT2D eigenvalue weighted by Crippen LogP contribution is 2.26.